The predicted octanol–water partition coefficient (Wildman–Crippen LogP) is 2.02. The normalized spacial score (nSPS) is 22.3. The van der Waals surface area contributed by atoms with Gasteiger partial charge in [-0.3, -0.25) is 4.99 Å². The van der Waals surface area contributed by atoms with Crippen LogP contribution in [0, 0.1) is 11.3 Å². The van der Waals surface area contributed by atoms with Gasteiger partial charge in [0.15, 0.2) is 5.96 Å². The summed E-state index contributed by atoms with van der Waals surface area (Å²) in [6, 6.07) is 0. The molecule has 27 heavy (non-hydrogen) atoms. The van der Waals surface area contributed by atoms with E-state index in [1.165, 1.54) is 58.5 Å². The molecule has 1 aliphatic carbocycles. The van der Waals surface area contributed by atoms with Crippen LogP contribution in [0.3, 0.4) is 0 Å². The summed E-state index contributed by atoms with van der Waals surface area (Å²) in [5, 5.41) is 7.00. The zero-order valence-electron chi connectivity index (χ0n) is 18.2. The highest BCUT2D eigenvalue weighted by atomic mass is 16.5. The lowest BCUT2D eigenvalue weighted by atomic mass is 9.67. The molecule has 6 heteroatoms. The Labute approximate surface area is 167 Å². The first kappa shape index (κ1) is 22.4. The fourth-order valence-electron chi connectivity index (χ4n) is 4.14. The van der Waals surface area contributed by atoms with Crippen LogP contribution in [0.2, 0.25) is 0 Å². The Morgan fingerprint density at radius 2 is 1.81 bits per heavy atom. The van der Waals surface area contributed by atoms with Crippen molar-refractivity contribution in [2.45, 2.75) is 46.5 Å². The molecule has 0 aromatic heterocycles. The molecule has 1 atom stereocenters. The molecule has 158 valence electrons. The van der Waals surface area contributed by atoms with Gasteiger partial charge in [0.2, 0.25) is 0 Å². The molecular weight excluding hydrogens is 338 g/mol. The molecule has 0 radical (unpaired) electrons. The van der Waals surface area contributed by atoms with Gasteiger partial charge in [-0.1, -0.05) is 20.3 Å². The van der Waals surface area contributed by atoms with E-state index < -0.39 is 0 Å². The van der Waals surface area contributed by atoms with Crippen molar-refractivity contribution in [2.24, 2.45) is 16.3 Å². The van der Waals surface area contributed by atoms with Crippen molar-refractivity contribution in [1.82, 2.24) is 20.4 Å². The molecule has 1 aliphatic heterocycles. The van der Waals surface area contributed by atoms with Crippen molar-refractivity contribution in [3.8, 4) is 0 Å². The lowest BCUT2D eigenvalue weighted by molar-refractivity contribution is 0.0778. The number of nitrogens with one attached hydrogen (secondary N) is 2. The van der Waals surface area contributed by atoms with E-state index >= 15 is 0 Å². The van der Waals surface area contributed by atoms with Crippen molar-refractivity contribution >= 4 is 5.96 Å². The third-order valence-electron chi connectivity index (χ3n) is 6.27. The maximum Gasteiger partial charge on any atom is 0.191 e. The molecule has 2 aliphatic rings. The third-order valence-corrected chi connectivity index (χ3v) is 6.27. The highest BCUT2D eigenvalue weighted by Gasteiger charge is 2.36. The number of piperazine rings is 1. The molecule has 1 unspecified atom stereocenters. The van der Waals surface area contributed by atoms with E-state index in [1.807, 2.05) is 0 Å². The second kappa shape index (κ2) is 11.9. The molecule has 0 aromatic carbocycles. The van der Waals surface area contributed by atoms with Gasteiger partial charge in [0.1, 0.15) is 0 Å². The molecule has 0 amide bonds. The molecule has 1 saturated heterocycles. The number of guanidine groups is 1. The van der Waals surface area contributed by atoms with Crippen LogP contribution in [0.4, 0.5) is 0 Å². The largest absolute Gasteiger partial charge is 0.385 e. The Bertz CT molecular complexity index is 430. The number of hydrogen-bond acceptors (Lipinski definition) is 4. The van der Waals surface area contributed by atoms with E-state index in [-0.39, 0.29) is 0 Å². The maximum atomic E-state index is 5.31. The van der Waals surface area contributed by atoms with Gasteiger partial charge in [-0.2, -0.15) is 0 Å². The lowest BCUT2D eigenvalue weighted by Crippen LogP contribution is -2.48. The monoisotopic (exact) mass is 381 g/mol. The van der Waals surface area contributed by atoms with Gasteiger partial charge in [0.25, 0.3) is 0 Å². The van der Waals surface area contributed by atoms with Crippen LogP contribution in [0.1, 0.15) is 46.5 Å². The van der Waals surface area contributed by atoms with E-state index in [2.05, 4.69) is 41.2 Å². The number of aliphatic imine (C=N–C) groups is 1. The number of hydrogen-bond donors (Lipinski definition) is 2. The molecule has 2 N–H and O–H groups in total. The Morgan fingerprint density at radius 1 is 1.11 bits per heavy atom. The van der Waals surface area contributed by atoms with Gasteiger partial charge in [0, 0.05) is 66.1 Å². The summed E-state index contributed by atoms with van der Waals surface area (Å²) in [5.41, 5.74) is 0.378. The molecule has 0 aromatic rings. The summed E-state index contributed by atoms with van der Waals surface area (Å²) in [4.78, 5) is 10.1. The van der Waals surface area contributed by atoms with Crippen molar-refractivity contribution in [1.29, 1.82) is 0 Å². The summed E-state index contributed by atoms with van der Waals surface area (Å²) in [6.45, 7) is 17.6. The van der Waals surface area contributed by atoms with Crippen molar-refractivity contribution < 1.29 is 4.74 Å². The fraction of sp³-hybridized carbons (Fsp3) is 0.952. The second-order valence-corrected chi connectivity index (χ2v) is 8.51. The standard InChI is InChI=1S/C21H43N5O/c1-5-22-20(24-18-21(8-7-9-21)10-15-27-4)23-16-19(3)17-26-13-11-25(6-2)12-14-26/h19H,5-18H2,1-4H3,(H2,22,23,24). The molecule has 1 saturated carbocycles. The first-order valence-corrected chi connectivity index (χ1v) is 11.1. The van der Waals surface area contributed by atoms with Gasteiger partial charge < -0.3 is 25.2 Å². The summed E-state index contributed by atoms with van der Waals surface area (Å²) < 4.78 is 5.31. The van der Waals surface area contributed by atoms with Gasteiger partial charge in [-0.15, -0.1) is 0 Å². The number of methoxy groups -OCH3 is 1. The minimum Gasteiger partial charge on any atom is -0.385 e. The zero-order valence-corrected chi connectivity index (χ0v) is 18.2. The molecule has 6 nitrogen and oxygen atoms in total. The second-order valence-electron chi connectivity index (χ2n) is 8.51. The fourth-order valence-corrected chi connectivity index (χ4v) is 4.14. The van der Waals surface area contributed by atoms with Crippen LogP contribution in [0.5, 0.6) is 0 Å². The first-order valence-electron chi connectivity index (χ1n) is 11.1. The number of ether oxygens (including phenoxy) is 1. The van der Waals surface area contributed by atoms with E-state index in [0.717, 1.165) is 38.6 Å². The van der Waals surface area contributed by atoms with Crippen LogP contribution in [-0.2, 0) is 4.74 Å². The average molecular weight is 382 g/mol. The Balaban J connectivity index is 1.74. The minimum absolute atomic E-state index is 0.378. The van der Waals surface area contributed by atoms with Gasteiger partial charge in [-0.05, 0) is 44.1 Å². The van der Waals surface area contributed by atoms with E-state index in [0.29, 0.717) is 11.3 Å². The Morgan fingerprint density at radius 3 is 2.37 bits per heavy atom. The van der Waals surface area contributed by atoms with Gasteiger partial charge in [-0.25, -0.2) is 0 Å². The molecule has 2 rings (SSSR count). The van der Waals surface area contributed by atoms with Crippen LogP contribution >= 0.6 is 0 Å². The smallest absolute Gasteiger partial charge is 0.191 e. The molecule has 1 heterocycles. The molecule has 0 spiro atoms. The molecule has 0 bridgehead atoms. The quantitative estimate of drug-likeness (QED) is 0.424. The van der Waals surface area contributed by atoms with Crippen molar-refractivity contribution in [3.63, 3.8) is 0 Å². The summed E-state index contributed by atoms with van der Waals surface area (Å²) in [5.74, 6) is 1.59. The lowest BCUT2D eigenvalue weighted by Gasteiger charge is -2.40. The number of nitrogens with zero attached hydrogens (tertiary/aromatic N) is 3. The van der Waals surface area contributed by atoms with Crippen LogP contribution < -0.4 is 10.6 Å². The van der Waals surface area contributed by atoms with Crippen LogP contribution in [0.15, 0.2) is 4.99 Å². The number of likely N-dealkylation sites (N-methyl/N-ethyl adjacent to an activating group) is 1. The first-order chi connectivity index (χ1) is 13.1. The molecular formula is C21H43N5O. The summed E-state index contributed by atoms with van der Waals surface area (Å²) in [7, 11) is 1.80. The topological polar surface area (TPSA) is 52.1 Å². The maximum absolute atomic E-state index is 5.31. The SMILES string of the molecule is CCNC(=NCC1(CCOC)CCC1)NCC(C)CN1CCN(CC)CC1. The molecule has 2 fully saturated rings. The van der Waals surface area contributed by atoms with Crippen molar-refractivity contribution in [2.75, 3.05) is 72.6 Å². The predicted molar refractivity (Wildman–Crippen MR) is 114 cm³/mol. The summed E-state index contributed by atoms with van der Waals surface area (Å²) >= 11 is 0. The summed E-state index contributed by atoms with van der Waals surface area (Å²) in [6.07, 6.45) is 5.05. The van der Waals surface area contributed by atoms with E-state index in [1.54, 1.807) is 7.11 Å². The highest BCUT2D eigenvalue weighted by Crippen LogP contribution is 2.44. The minimum atomic E-state index is 0.378. The van der Waals surface area contributed by atoms with Crippen LogP contribution in [-0.4, -0.2) is 88.4 Å². The van der Waals surface area contributed by atoms with E-state index in [4.69, 9.17) is 9.73 Å². The van der Waals surface area contributed by atoms with Crippen LogP contribution in [0.25, 0.3) is 0 Å². The third kappa shape index (κ3) is 7.59. The zero-order chi connectivity index (χ0) is 19.5. The van der Waals surface area contributed by atoms with Gasteiger partial charge >= 0.3 is 0 Å². The average Bonchev–Trinajstić information content (AvgIpc) is 2.65. The Kier molecular flexibility index (Phi) is 9.87. The van der Waals surface area contributed by atoms with Gasteiger partial charge in [0.05, 0.1) is 0 Å². The van der Waals surface area contributed by atoms with E-state index in [9.17, 15) is 0 Å². The van der Waals surface area contributed by atoms with Crippen molar-refractivity contribution in [3.05, 3.63) is 0 Å². The highest BCUT2D eigenvalue weighted by molar-refractivity contribution is 5.79. The Hall–Kier alpha value is -0.850. The number of rotatable bonds is 11.